The number of hydrogen-bond acceptors (Lipinski definition) is 2. The van der Waals surface area contributed by atoms with Crippen LogP contribution >= 0.6 is 0 Å². The van der Waals surface area contributed by atoms with E-state index in [9.17, 15) is 0 Å². The van der Waals surface area contributed by atoms with Gasteiger partial charge in [-0.3, -0.25) is 4.98 Å². The average molecular weight is 252 g/mol. The molecule has 1 aromatic carbocycles. The zero-order valence-corrected chi connectivity index (χ0v) is 11.3. The van der Waals surface area contributed by atoms with E-state index in [1.807, 2.05) is 19.4 Å². The highest BCUT2D eigenvalue weighted by molar-refractivity contribution is 5.34. The minimum Gasteiger partial charge on any atom is -0.309 e. The van der Waals surface area contributed by atoms with Crippen molar-refractivity contribution in [1.82, 2.24) is 10.3 Å². The van der Waals surface area contributed by atoms with E-state index >= 15 is 0 Å². The van der Waals surface area contributed by atoms with Crippen LogP contribution in [0.2, 0.25) is 0 Å². The molecule has 1 aliphatic carbocycles. The average Bonchev–Trinajstić information content (AvgIpc) is 2.41. The van der Waals surface area contributed by atoms with Gasteiger partial charge < -0.3 is 5.32 Å². The van der Waals surface area contributed by atoms with Gasteiger partial charge in [-0.05, 0) is 54.6 Å². The number of nitrogens with zero attached hydrogens (tertiary/aromatic N) is 1. The van der Waals surface area contributed by atoms with Crippen molar-refractivity contribution in [1.29, 1.82) is 0 Å². The van der Waals surface area contributed by atoms with Gasteiger partial charge in [0.25, 0.3) is 0 Å². The Morgan fingerprint density at radius 2 is 1.63 bits per heavy atom. The summed E-state index contributed by atoms with van der Waals surface area (Å²) in [7, 11) is 2.00. The largest absolute Gasteiger partial charge is 0.309 e. The molecule has 2 nitrogen and oxygen atoms in total. The van der Waals surface area contributed by atoms with E-state index in [0.717, 1.165) is 5.92 Å². The first-order chi connectivity index (χ1) is 9.38. The summed E-state index contributed by atoms with van der Waals surface area (Å²) in [5, 5.41) is 3.38. The normalized spacial score (nSPS) is 16.9. The SMILES string of the molecule is CNC(c1ccncc1)c1ccc(C2CCC2)cc1. The van der Waals surface area contributed by atoms with Gasteiger partial charge in [0.15, 0.2) is 0 Å². The third-order valence-corrected chi connectivity index (χ3v) is 4.17. The van der Waals surface area contributed by atoms with Crippen LogP contribution in [0.15, 0.2) is 48.8 Å². The second kappa shape index (κ2) is 5.54. The zero-order chi connectivity index (χ0) is 13.1. The summed E-state index contributed by atoms with van der Waals surface area (Å²) < 4.78 is 0. The molecule has 0 amide bonds. The van der Waals surface area contributed by atoms with Crippen LogP contribution in [-0.4, -0.2) is 12.0 Å². The van der Waals surface area contributed by atoms with Crippen LogP contribution in [0, 0.1) is 0 Å². The van der Waals surface area contributed by atoms with E-state index in [1.54, 1.807) is 0 Å². The van der Waals surface area contributed by atoms with Crippen LogP contribution in [-0.2, 0) is 0 Å². The molecule has 0 spiro atoms. The second-order valence-electron chi connectivity index (χ2n) is 5.30. The van der Waals surface area contributed by atoms with E-state index in [2.05, 4.69) is 46.7 Å². The highest BCUT2D eigenvalue weighted by atomic mass is 14.9. The Morgan fingerprint density at radius 1 is 1.00 bits per heavy atom. The van der Waals surface area contributed by atoms with Crippen molar-refractivity contribution in [2.24, 2.45) is 0 Å². The molecule has 2 heteroatoms. The van der Waals surface area contributed by atoms with Gasteiger partial charge in [0.05, 0.1) is 6.04 Å². The Labute approximate surface area is 114 Å². The summed E-state index contributed by atoms with van der Waals surface area (Å²) in [6.07, 6.45) is 7.81. The monoisotopic (exact) mass is 252 g/mol. The highest BCUT2D eigenvalue weighted by Crippen LogP contribution is 2.36. The summed E-state index contributed by atoms with van der Waals surface area (Å²) in [6.45, 7) is 0. The molecule has 19 heavy (non-hydrogen) atoms. The lowest BCUT2D eigenvalue weighted by Gasteiger charge is -2.26. The number of benzene rings is 1. The first-order valence-electron chi connectivity index (χ1n) is 7.05. The van der Waals surface area contributed by atoms with Gasteiger partial charge >= 0.3 is 0 Å². The predicted molar refractivity (Wildman–Crippen MR) is 78.2 cm³/mol. The number of nitrogens with one attached hydrogen (secondary N) is 1. The first kappa shape index (κ1) is 12.4. The van der Waals surface area contributed by atoms with Gasteiger partial charge in [0.1, 0.15) is 0 Å². The van der Waals surface area contributed by atoms with Gasteiger partial charge in [0.2, 0.25) is 0 Å². The molecule has 2 aromatic rings. The van der Waals surface area contributed by atoms with Gasteiger partial charge in [-0.25, -0.2) is 0 Å². The molecular formula is C17H20N2. The fourth-order valence-electron chi connectivity index (χ4n) is 2.78. The quantitative estimate of drug-likeness (QED) is 0.898. The number of pyridine rings is 1. The molecule has 1 N–H and O–H groups in total. The molecule has 1 heterocycles. The summed E-state index contributed by atoms with van der Waals surface area (Å²) >= 11 is 0. The van der Waals surface area contributed by atoms with Crippen molar-refractivity contribution in [3.63, 3.8) is 0 Å². The fraction of sp³-hybridized carbons (Fsp3) is 0.353. The van der Waals surface area contributed by atoms with Crippen molar-refractivity contribution < 1.29 is 0 Å². The predicted octanol–water partition coefficient (Wildman–Crippen LogP) is 3.66. The molecule has 98 valence electrons. The van der Waals surface area contributed by atoms with Crippen LogP contribution in [0.1, 0.15) is 47.9 Å². The summed E-state index contributed by atoms with van der Waals surface area (Å²) in [4.78, 5) is 4.08. The van der Waals surface area contributed by atoms with E-state index < -0.39 is 0 Å². The third-order valence-electron chi connectivity index (χ3n) is 4.17. The van der Waals surface area contributed by atoms with Gasteiger partial charge in [-0.2, -0.15) is 0 Å². The van der Waals surface area contributed by atoms with E-state index in [1.165, 1.54) is 36.0 Å². The molecule has 0 saturated heterocycles. The third kappa shape index (κ3) is 2.54. The topological polar surface area (TPSA) is 24.9 Å². The fourth-order valence-corrected chi connectivity index (χ4v) is 2.78. The molecule has 0 aliphatic heterocycles. The molecule has 1 unspecified atom stereocenters. The van der Waals surface area contributed by atoms with E-state index in [-0.39, 0.29) is 6.04 Å². The Hall–Kier alpha value is -1.67. The van der Waals surface area contributed by atoms with Crippen LogP contribution in [0.5, 0.6) is 0 Å². The summed E-state index contributed by atoms with van der Waals surface area (Å²) in [5.41, 5.74) is 4.07. The molecule has 3 rings (SSSR count). The lowest BCUT2D eigenvalue weighted by molar-refractivity contribution is 0.419. The Morgan fingerprint density at radius 3 is 2.16 bits per heavy atom. The Kier molecular flexibility index (Phi) is 3.60. The van der Waals surface area contributed by atoms with Gasteiger partial charge in [-0.1, -0.05) is 30.7 Å². The molecule has 1 aliphatic rings. The molecule has 1 atom stereocenters. The molecule has 0 radical (unpaired) electrons. The van der Waals surface area contributed by atoms with Crippen molar-refractivity contribution in [2.75, 3.05) is 7.05 Å². The maximum atomic E-state index is 4.08. The molecule has 0 bridgehead atoms. The lowest BCUT2D eigenvalue weighted by atomic mass is 9.79. The van der Waals surface area contributed by atoms with Crippen LogP contribution in [0.4, 0.5) is 0 Å². The summed E-state index contributed by atoms with van der Waals surface area (Å²) in [5.74, 6) is 0.808. The Bertz CT molecular complexity index is 515. The van der Waals surface area contributed by atoms with Crippen molar-refractivity contribution in [3.05, 3.63) is 65.5 Å². The zero-order valence-electron chi connectivity index (χ0n) is 11.3. The molecule has 1 fully saturated rings. The van der Waals surface area contributed by atoms with Crippen molar-refractivity contribution in [3.8, 4) is 0 Å². The highest BCUT2D eigenvalue weighted by Gasteiger charge is 2.19. The lowest BCUT2D eigenvalue weighted by Crippen LogP contribution is -2.18. The minimum absolute atomic E-state index is 0.249. The number of hydrogen-bond donors (Lipinski definition) is 1. The smallest absolute Gasteiger partial charge is 0.0575 e. The number of aromatic nitrogens is 1. The van der Waals surface area contributed by atoms with Gasteiger partial charge in [0, 0.05) is 12.4 Å². The van der Waals surface area contributed by atoms with Crippen molar-refractivity contribution in [2.45, 2.75) is 31.2 Å². The number of rotatable bonds is 4. The van der Waals surface area contributed by atoms with Gasteiger partial charge in [-0.15, -0.1) is 0 Å². The maximum Gasteiger partial charge on any atom is 0.0575 e. The van der Waals surface area contributed by atoms with E-state index in [4.69, 9.17) is 0 Å². The first-order valence-corrected chi connectivity index (χ1v) is 7.05. The summed E-state index contributed by atoms with van der Waals surface area (Å²) in [6, 6.07) is 13.5. The molecule has 1 saturated carbocycles. The van der Waals surface area contributed by atoms with Crippen LogP contribution in [0.25, 0.3) is 0 Å². The molecular weight excluding hydrogens is 232 g/mol. The maximum absolute atomic E-state index is 4.08. The standard InChI is InChI=1S/C17H20N2/c1-18-17(16-9-11-19-12-10-16)15-7-5-14(6-8-15)13-3-2-4-13/h5-13,17-18H,2-4H2,1H3. The second-order valence-corrected chi connectivity index (χ2v) is 5.30. The minimum atomic E-state index is 0.249. The molecule has 1 aromatic heterocycles. The Balaban J connectivity index is 1.83. The van der Waals surface area contributed by atoms with Crippen molar-refractivity contribution >= 4 is 0 Å². The van der Waals surface area contributed by atoms with E-state index in [0.29, 0.717) is 0 Å². The van der Waals surface area contributed by atoms with Crippen LogP contribution in [0.3, 0.4) is 0 Å². The van der Waals surface area contributed by atoms with Crippen LogP contribution < -0.4 is 5.32 Å².